The molecule has 0 N–H and O–H groups in total. The van der Waals surface area contributed by atoms with Crippen LogP contribution in [0.25, 0.3) is 11.0 Å². The number of methoxy groups -OCH3 is 1. The molecule has 0 aliphatic carbocycles. The quantitative estimate of drug-likeness (QED) is 0.745. The first-order valence-electron chi connectivity index (χ1n) is 4.34. The van der Waals surface area contributed by atoms with Gasteiger partial charge in [-0.2, -0.15) is 0 Å². The number of carbonyl (C=O) groups excluding carboxylic acids is 1. The molecule has 78 valence electrons. The van der Waals surface area contributed by atoms with Gasteiger partial charge >= 0.3 is 5.97 Å². The fourth-order valence-corrected chi connectivity index (χ4v) is 1.80. The number of ether oxygens (including phenoxy) is 1. The molecule has 2 aromatic rings. The molecule has 0 unspecified atom stereocenters. The Bertz CT molecular complexity index is 533. The van der Waals surface area contributed by atoms with Gasteiger partial charge in [-0.15, -0.1) is 0 Å². The van der Waals surface area contributed by atoms with Gasteiger partial charge in [0.1, 0.15) is 0 Å². The van der Waals surface area contributed by atoms with E-state index in [9.17, 15) is 4.79 Å². The summed E-state index contributed by atoms with van der Waals surface area (Å²) in [6.45, 7) is 0. The van der Waals surface area contributed by atoms with E-state index >= 15 is 0 Å². The lowest BCUT2D eigenvalue weighted by Gasteiger charge is -1.99. The van der Waals surface area contributed by atoms with Crippen molar-refractivity contribution in [3.8, 4) is 0 Å². The van der Waals surface area contributed by atoms with Gasteiger partial charge in [0.25, 0.3) is 0 Å². The second-order valence-electron chi connectivity index (χ2n) is 3.13. The summed E-state index contributed by atoms with van der Waals surface area (Å²) in [7, 11) is 3.26. The molecule has 0 aliphatic rings. The summed E-state index contributed by atoms with van der Waals surface area (Å²) in [4.78, 5) is 15.5. The van der Waals surface area contributed by atoms with Crippen molar-refractivity contribution in [2.75, 3.05) is 7.11 Å². The van der Waals surface area contributed by atoms with E-state index in [1.165, 1.54) is 7.11 Å². The molecule has 2 rings (SSSR count). The predicted molar refractivity (Wildman–Crippen MR) is 59.8 cm³/mol. The fraction of sp³-hybridized carbons (Fsp3) is 0.200. The number of imidazole rings is 1. The third-order valence-corrected chi connectivity index (χ3v) is 2.96. The lowest BCUT2D eigenvalue weighted by molar-refractivity contribution is 0.0601. The molecule has 1 aromatic heterocycles. The molecule has 0 aliphatic heterocycles. The van der Waals surface area contributed by atoms with Gasteiger partial charge < -0.3 is 9.30 Å². The molecule has 4 nitrogen and oxygen atoms in total. The maximum Gasteiger partial charge on any atom is 0.337 e. The Morgan fingerprint density at radius 3 is 2.93 bits per heavy atom. The topological polar surface area (TPSA) is 44.1 Å². The standard InChI is InChI=1S/C10H9BrN2O2/c1-13-8-4-3-6(9(14)15-2)5-7(8)12-10(13)11/h3-5H,1-2H3. The maximum absolute atomic E-state index is 11.3. The lowest BCUT2D eigenvalue weighted by atomic mass is 10.2. The van der Waals surface area contributed by atoms with Crippen molar-refractivity contribution in [2.24, 2.45) is 7.05 Å². The van der Waals surface area contributed by atoms with Gasteiger partial charge in [0, 0.05) is 7.05 Å². The van der Waals surface area contributed by atoms with Crippen LogP contribution in [-0.4, -0.2) is 22.6 Å². The van der Waals surface area contributed by atoms with Crippen LogP contribution >= 0.6 is 15.9 Å². The molecule has 0 amide bonds. The number of hydrogen-bond donors (Lipinski definition) is 0. The number of aromatic nitrogens is 2. The normalized spacial score (nSPS) is 10.6. The number of carbonyl (C=O) groups is 1. The molecule has 15 heavy (non-hydrogen) atoms. The molecule has 1 heterocycles. The average Bonchev–Trinajstić information content (AvgIpc) is 2.53. The highest BCUT2D eigenvalue weighted by Crippen LogP contribution is 2.20. The summed E-state index contributed by atoms with van der Waals surface area (Å²) in [6.07, 6.45) is 0. The molecule has 1 aromatic carbocycles. The minimum atomic E-state index is -0.348. The summed E-state index contributed by atoms with van der Waals surface area (Å²) in [6, 6.07) is 5.29. The molecule has 0 spiro atoms. The van der Waals surface area contributed by atoms with Gasteiger partial charge in [0.15, 0.2) is 4.73 Å². The van der Waals surface area contributed by atoms with E-state index in [1.807, 2.05) is 17.7 Å². The molecule has 0 bridgehead atoms. The Hall–Kier alpha value is -1.36. The van der Waals surface area contributed by atoms with Crippen LogP contribution in [0.3, 0.4) is 0 Å². The first-order chi connectivity index (χ1) is 7.13. The zero-order valence-corrected chi connectivity index (χ0v) is 9.91. The van der Waals surface area contributed by atoms with E-state index in [0.29, 0.717) is 5.56 Å². The molecular weight excluding hydrogens is 260 g/mol. The van der Waals surface area contributed by atoms with Gasteiger partial charge in [0.2, 0.25) is 0 Å². The number of halogens is 1. The highest BCUT2D eigenvalue weighted by molar-refractivity contribution is 9.10. The molecule has 0 fully saturated rings. The van der Waals surface area contributed by atoms with Crippen molar-refractivity contribution in [1.82, 2.24) is 9.55 Å². The smallest absolute Gasteiger partial charge is 0.337 e. The summed E-state index contributed by atoms with van der Waals surface area (Å²) >= 11 is 3.32. The SMILES string of the molecule is COC(=O)c1ccc2c(c1)nc(Br)n2C. The first-order valence-corrected chi connectivity index (χ1v) is 5.13. The van der Waals surface area contributed by atoms with Crippen molar-refractivity contribution in [2.45, 2.75) is 0 Å². The number of hydrogen-bond acceptors (Lipinski definition) is 3. The number of esters is 1. The van der Waals surface area contributed by atoms with Crippen molar-refractivity contribution in [3.63, 3.8) is 0 Å². The highest BCUT2D eigenvalue weighted by atomic mass is 79.9. The molecule has 5 heteroatoms. The minimum absolute atomic E-state index is 0.348. The van der Waals surface area contributed by atoms with Crippen molar-refractivity contribution < 1.29 is 9.53 Å². The van der Waals surface area contributed by atoms with E-state index < -0.39 is 0 Å². The van der Waals surface area contributed by atoms with E-state index in [2.05, 4.69) is 25.7 Å². The van der Waals surface area contributed by atoms with E-state index in [0.717, 1.165) is 15.8 Å². The first kappa shape index (κ1) is 10.2. The van der Waals surface area contributed by atoms with Crippen LogP contribution in [0.1, 0.15) is 10.4 Å². The molecule has 0 radical (unpaired) electrons. The number of rotatable bonds is 1. The Morgan fingerprint density at radius 2 is 2.27 bits per heavy atom. The summed E-state index contributed by atoms with van der Waals surface area (Å²) < 4.78 is 7.27. The Kier molecular flexibility index (Phi) is 2.48. The second kappa shape index (κ2) is 3.66. The second-order valence-corrected chi connectivity index (χ2v) is 3.84. The van der Waals surface area contributed by atoms with Crippen LogP contribution in [0.5, 0.6) is 0 Å². The van der Waals surface area contributed by atoms with Gasteiger partial charge in [-0.25, -0.2) is 9.78 Å². The fourth-order valence-electron chi connectivity index (χ4n) is 1.42. The largest absolute Gasteiger partial charge is 0.465 e. The maximum atomic E-state index is 11.3. The van der Waals surface area contributed by atoms with Crippen molar-refractivity contribution >= 4 is 32.9 Å². The van der Waals surface area contributed by atoms with Crippen LogP contribution in [0.4, 0.5) is 0 Å². The lowest BCUT2D eigenvalue weighted by Crippen LogP contribution is -2.00. The molecule has 0 saturated carbocycles. The third kappa shape index (κ3) is 1.63. The van der Waals surface area contributed by atoms with Crippen molar-refractivity contribution in [1.29, 1.82) is 0 Å². The summed E-state index contributed by atoms with van der Waals surface area (Å²) in [5.74, 6) is -0.348. The average molecular weight is 269 g/mol. The zero-order chi connectivity index (χ0) is 11.0. The predicted octanol–water partition coefficient (Wildman–Crippen LogP) is 2.12. The summed E-state index contributed by atoms with van der Waals surface area (Å²) in [5, 5.41) is 0. The molecular formula is C10H9BrN2O2. The number of benzene rings is 1. The number of nitrogens with zero attached hydrogens (tertiary/aromatic N) is 2. The Labute approximate surface area is 95.0 Å². The zero-order valence-electron chi connectivity index (χ0n) is 8.32. The Morgan fingerprint density at radius 1 is 1.53 bits per heavy atom. The summed E-state index contributed by atoms with van der Waals surface area (Å²) in [5.41, 5.74) is 2.25. The Balaban J connectivity index is 2.62. The van der Waals surface area contributed by atoms with Crippen LogP contribution in [0.2, 0.25) is 0 Å². The van der Waals surface area contributed by atoms with Gasteiger partial charge in [0.05, 0.1) is 23.7 Å². The van der Waals surface area contributed by atoms with Crippen LogP contribution < -0.4 is 0 Å². The number of fused-ring (bicyclic) bond motifs is 1. The van der Waals surface area contributed by atoms with Crippen LogP contribution in [-0.2, 0) is 11.8 Å². The van der Waals surface area contributed by atoms with Gasteiger partial charge in [-0.05, 0) is 34.1 Å². The highest BCUT2D eigenvalue weighted by Gasteiger charge is 2.09. The van der Waals surface area contributed by atoms with Gasteiger partial charge in [-0.3, -0.25) is 0 Å². The van der Waals surface area contributed by atoms with Crippen molar-refractivity contribution in [3.05, 3.63) is 28.5 Å². The third-order valence-electron chi connectivity index (χ3n) is 2.25. The van der Waals surface area contributed by atoms with Crippen LogP contribution in [0, 0.1) is 0 Å². The van der Waals surface area contributed by atoms with E-state index in [4.69, 9.17) is 0 Å². The van der Waals surface area contributed by atoms with E-state index in [-0.39, 0.29) is 5.97 Å². The molecule has 0 atom stereocenters. The molecule has 0 saturated heterocycles. The van der Waals surface area contributed by atoms with E-state index in [1.54, 1.807) is 12.1 Å². The minimum Gasteiger partial charge on any atom is -0.465 e. The number of aryl methyl sites for hydroxylation is 1. The van der Waals surface area contributed by atoms with Gasteiger partial charge in [-0.1, -0.05) is 0 Å². The monoisotopic (exact) mass is 268 g/mol. The van der Waals surface area contributed by atoms with Crippen LogP contribution in [0.15, 0.2) is 22.9 Å².